The van der Waals surface area contributed by atoms with Crippen molar-refractivity contribution in [1.82, 2.24) is 5.32 Å². The average molecular weight is 276 g/mol. The summed E-state index contributed by atoms with van der Waals surface area (Å²) in [7, 11) is 0. The fourth-order valence-electron chi connectivity index (χ4n) is 1.80. The molecular weight excluding hydrogens is 258 g/mol. The van der Waals surface area contributed by atoms with Crippen LogP contribution in [0.2, 0.25) is 0 Å². The Bertz CT molecular complexity index is 508. The minimum Gasteiger partial charge on any atom is -0.313 e. The normalized spacial score (nSPS) is 9.74. The molecule has 2 aromatic rings. The van der Waals surface area contributed by atoms with Crippen LogP contribution in [0.4, 0.5) is 0 Å². The highest BCUT2D eigenvalue weighted by molar-refractivity contribution is 6.08. The van der Waals surface area contributed by atoms with E-state index in [0.29, 0.717) is 0 Å². The summed E-state index contributed by atoms with van der Waals surface area (Å²) in [6.07, 6.45) is 0. The lowest BCUT2D eigenvalue weighted by atomic mass is 10.0. The summed E-state index contributed by atoms with van der Waals surface area (Å²) < 4.78 is 0. The van der Waals surface area contributed by atoms with E-state index < -0.39 is 0 Å². The summed E-state index contributed by atoms with van der Waals surface area (Å²) in [5, 5.41) is 3.26. The molecule has 0 aliphatic rings. The second kappa shape index (κ2) is 7.72. The zero-order valence-electron chi connectivity index (χ0n) is 10.9. The third-order valence-corrected chi connectivity index (χ3v) is 2.83. The highest BCUT2D eigenvalue weighted by Gasteiger charge is 2.07. The van der Waals surface area contributed by atoms with E-state index in [0.717, 1.165) is 24.2 Å². The number of ketones is 1. The second-order valence-corrected chi connectivity index (χ2v) is 4.17. The van der Waals surface area contributed by atoms with Crippen LogP contribution in [0.25, 0.3) is 0 Å². The molecule has 2 rings (SSSR count). The molecule has 0 saturated carbocycles. The summed E-state index contributed by atoms with van der Waals surface area (Å²) >= 11 is 0. The first-order chi connectivity index (χ1) is 8.81. The van der Waals surface area contributed by atoms with Crippen molar-refractivity contribution in [2.75, 3.05) is 6.54 Å². The summed E-state index contributed by atoms with van der Waals surface area (Å²) in [6.45, 7) is 3.87. The molecule has 1 N–H and O–H groups in total. The van der Waals surface area contributed by atoms with Gasteiger partial charge in [0.1, 0.15) is 0 Å². The number of benzene rings is 2. The van der Waals surface area contributed by atoms with Crippen LogP contribution in [-0.4, -0.2) is 12.3 Å². The minimum absolute atomic E-state index is 0. The van der Waals surface area contributed by atoms with Crippen LogP contribution >= 0.6 is 12.4 Å². The Hall–Kier alpha value is -1.64. The van der Waals surface area contributed by atoms with Crippen LogP contribution in [0.1, 0.15) is 28.4 Å². The number of carbonyl (C=O) groups excluding carboxylic acids is 1. The third-order valence-electron chi connectivity index (χ3n) is 2.83. The molecule has 2 aromatic carbocycles. The number of carbonyl (C=O) groups is 1. The van der Waals surface area contributed by atoms with Crippen molar-refractivity contribution < 1.29 is 4.79 Å². The van der Waals surface area contributed by atoms with Crippen molar-refractivity contribution >= 4 is 18.2 Å². The maximum absolute atomic E-state index is 12.2. The maximum Gasteiger partial charge on any atom is 0.193 e. The molecule has 0 bridgehead atoms. The second-order valence-electron chi connectivity index (χ2n) is 4.17. The molecule has 0 radical (unpaired) electrons. The number of halogens is 1. The molecule has 0 heterocycles. The topological polar surface area (TPSA) is 29.1 Å². The third kappa shape index (κ3) is 4.19. The smallest absolute Gasteiger partial charge is 0.193 e. The molecule has 0 unspecified atom stereocenters. The van der Waals surface area contributed by atoms with Gasteiger partial charge in [0.05, 0.1) is 0 Å². The Kier molecular flexibility index (Phi) is 6.26. The summed E-state index contributed by atoms with van der Waals surface area (Å²) in [4.78, 5) is 12.2. The number of rotatable bonds is 5. The molecule has 0 fully saturated rings. The molecular formula is C16H18ClNO. The summed E-state index contributed by atoms with van der Waals surface area (Å²) in [5.41, 5.74) is 2.67. The number of hydrogen-bond donors (Lipinski definition) is 1. The monoisotopic (exact) mass is 275 g/mol. The Morgan fingerprint density at radius 1 is 0.947 bits per heavy atom. The van der Waals surface area contributed by atoms with E-state index >= 15 is 0 Å². The molecule has 0 spiro atoms. The van der Waals surface area contributed by atoms with Crippen molar-refractivity contribution in [2.24, 2.45) is 0 Å². The van der Waals surface area contributed by atoms with Crippen LogP contribution in [0.5, 0.6) is 0 Å². The largest absolute Gasteiger partial charge is 0.313 e. The molecule has 3 heteroatoms. The van der Waals surface area contributed by atoms with Gasteiger partial charge in [-0.25, -0.2) is 0 Å². The van der Waals surface area contributed by atoms with Gasteiger partial charge in [0.15, 0.2) is 5.78 Å². The number of nitrogens with one attached hydrogen (secondary N) is 1. The van der Waals surface area contributed by atoms with Crippen LogP contribution in [-0.2, 0) is 6.54 Å². The average Bonchev–Trinajstić information content (AvgIpc) is 2.46. The maximum atomic E-state index is 12.2. The van der Waals surface area contributed by atoms with Gasteiger partial charge in [0.25, 0.3) is 0 Å². The number of hydrogen-bond acceptors (Lipinski definition) is 2. The fraction of sp³-hybridized carbons (Fsp3) is 0.188. The Morgan fingerprint density at radius 3 is 2.11 bits per heavy atom. The van der Waals surface area contributed by atoms with Gasteiger partial charge in [0, 0.05) is 17.7 Å². The molecule has 0 atom stereocenters. The predicted molar refractivity (Wildman–Crippen MR) is 80.9 cm³/mol. The van der Waals surface area contributed by atoms with Gasteiger partial charge >= 0.3 is 0 Å². The van der Waals surface area contributed by atoms with Gasteiger partial charge in [-0.3, -0.25) is 4.79 Å². The zero-order valence-corrected chi connectivity index (χ0v) is 11.7. The first kappa shape index (κ1) is 15.4. The van der Waals surface area contributed by atoms with E-state index in [-0.39, 0.29) is 18.2 Å². The summed E-state index contributed by atoms with van der Waals surface area (Å²) in [5.74, 6) is 0.0746. The van der Waals surface area contributed by atoms with Crippen LogP contribution in [0.3, 0.4) is 0 Å². The van der Waals surface area contributed by atoms with Gasteiger partial charge in [0.2, 0.25) is 0 Å². The molecule has 0 amide bonds. The van der Waals surface area contributed by atoms with E-state index in [4.69, 9.17) is 0 Å². The van der Waals surface area contributed by atoms with E-state index in [1.807, 2.05) is 54.6 Å². The van der Waals surface area contributed by atoms with Crippen molar-refractivity contribution in [3.63, 3.8) is 0 Å². The molecule has 0 aliphatic heterocycles. The lowest BCUT2D eigenvalue weighted by Gasteiger charge is -2.04. The molecule has 0 saturated heterocycles. The minimum atomic E-state index is 0. The molecule has 19 heavy (non-hydrogen) atoms. The van der Waals surface area contributed by atoms with Gasteiger partial charge in [-0.1, -0.05) is 61.5 Å². The van der Waals surface area contributed by atoms with Crippen molar-refractivity contribution in [3.05, 3.63) is 71.3 Å². The molecule has 100 valence electrons. The SMILES string of the molecule is CCNCc1ccc(C(=O)c2ccccc2)cc1.Cl. The van der Waals surface area contributed by atoms with Crippen molar-refractivity contribution in [1.29, 1.82) is 0 Å². The molecule has 2 nitrogen and oxygen atoms in total. The highest BCUT2D eigenvalue weighted by atomic mass is 35.5. The fourth-order valence-corrected chi connectivity index (χ4v) is 1.80. The highest BCUT2D eigenvalue weighted by Crippen LogP contribution is 2.11. The zero-order chi connectivity index (χ0) is 12.8. The van der Waals surface area contributed by atoms with Gasteiger partial charge in [-0.15, -0.1) is 12.4 Å². The van der Waals surface area contributed by atoms with Crippen LogP contribution in [0.15, 0.2) is 54.6 Å². The first-order valence-electron chi connectivity index (χ1n) is 6.20. The lowest BCUT2D eigenvalue weighted by molar-refractivity contribution is 0.103. The first-order valence-corrected chi connectivity index (χ1v) is 6.20. The van der Waals surface area contributed by atoms with Gasteiger partial charge in [-0.2, -0.15) is 0 Å². The molecule has 0 aliphatic carbocycles. The van der Waals surface area contributed by atoms with Crippen molar-refractivity contribution in [3.8, 4) is 0 Å². The van der Waals surface area contributed by atoms with Crippen molar-refractivity contribution in [2.45, 2.75) is 13.5 Å². The van der Waals surface area contributed by atoms with E-state index in [1.165, 1.54) is 5.56 Å². The molecule has 0 aromatic heterocycles. The van der Waals surface area contributed by atoms with E-state index in [9.17, 15) is 4.79 Å². The van der Waals surface area contributed by atoms with Crippen LogP contribution in [0, 0.1) is 0 Å². The van der Waals surface area contributed by atoms with Gasteiger partial charge < -0.3 is 5.32 Å². The van der Waals surface area contributed by atoms with E-state index in [1.54, 1.807) is 0 Å². The standard InChI is InChI=1S/C16H17NO.ClH/c1-2-17-12-13-8-10-15(11-9-13)16(18)14-6-4-3-5-7-14;/h3-11,17H,2,12H2,1H3;1H. The quantitative estimate of drug-likeness (QED) is 0.847. The lowest BCUT2D eigenvalue weighted by Crippen LogP contribution is -2.11. The predicted octanol–water partition coefficient (Wildman–Crippen LogP) is 3.45. The Balaban J connectivity index is 0.00000180. The Labute approximate surface area is 120 Å². The van der Waals surface area contributed by atoms with Crippen LogP contribution < -0.4 is 5.32 Å². The summed E-state index contributed by atoms with van der Waals surface area (Å²) in [6, 6.07) is 17.1. The Morgan fingerprint density at radius 2 is 1.53 bits per heavy atom. The van der Waals surface area contributed by atoms with Gasteiger partial charge in [-0.05, 0) is 12.1 Å². The van der Waals surface area contributed by atoms with E-state index in [2.05, 4.69) is 12.2 Å².